The largest absolute Gasteiger partial charge is 0.463 e. The Balaban J connectivity index is 2.87. The van der Waals surface area contributed by atoms with Crippen LogP contribution in [0.25, 0.3) is 22.5 Å². The molecule has 0 fully saturated rings. The maximum atomic E-state index is 13.4. The van der Waals surface area contributed by atoms with Crippen LogP contribution in [0, 0.1) is 0 Å². The van der Waals surface area contributed by atoms with Gasteiger partial charge in [-0.1, -0.05) is 12.1 Å². The highest BCUT2D eigenvalue weighted by Crippen LogP contribution is 2.39. The lowest BCUT2D eigenvalue weighted by Crippen LogP contribution is -2.12. The first-order chi connectivity index (χ1) is 16.7. The Morgan fingerprint density at radius 3 is 1.33 bits per heavy atom. The number of esters is 2. The van der Waals surface area contributed by atoms with E-state index in [1.807, 2.05) is 0 Å². The van der Waals surface area contributed by atoms with Crippen LogP contribution in [0.2, 0.25) is 0 Å². The van der Waals surface area contributed by atoms with Crippen LogP contribution in [-0.2, 0) is 31.4 Å². The minimum absolute atomic E-state index is 0.0314. The Morgan fingerprint density at radius 1 is 0.722 bits per heavy atom. The number of alkyl halides is 6. The Bertz CT molecular complexity index is 1110. The molecule has 12 heteroatoms. The van der Waals surface area contributed by atoms with Crippen molar-refractivity contribution in [3.8, 4) is 11.1 Å². The van der Waals surface area contributed by atoms with Gasteiger partial charge in [-0.15, -0.1) is 0 Å². The van der Waals surface area contributed by atoms with Gasteiger partial charge in [-0.25, -0.2) is 9.59 Å². The molecule has 0 aromatic heterocycles. The lowest BCUT2D eigenvalue weighted by atomic mass is 9.90. The van der Waals surface area contributed by atoms with E-state index in [9.17, 15) is 35.9 Å². The van der Waals surface area contributed by atoms with Crippen molar-refractivity contribution in [3.05, 3.63) is 70.8 Å². The molecule has 2 aromatic rings. The third-order valence-electron chi connectivity index (χ3n) is 4.73. The topological polar surface area (TPSA) is 105 Å². The Hall–Kier alpha value is -3.96. The van der Waals surface area contributed by atoms with E-state index in [2.05, 4.69) is 0 Å². The number of carbonyl (C=O) groups excluding carboxylic acids is 2. The summed E-state index contributed by atoms with van der Waals surface area (Å²) in [6.45, 7) is 2.95. The highest BCUT2D eigenvalue weighted by atomic mass is 19.4. The summed E-state index contributed by atoms with van der Waals surface area (Å²) in [6.07, 6.45) is -8.07. The van der Waals surface area contributed by atoms with E-state index in [4.69, 9.17) is 20.9 Å². The van der Waals surface area contributed by atoms with E-state index < -0.39 is 46.8 Å². The third kappa shape index (κ3) is 7.03. The quantitative estimate of drug-likeness (QED) is 0.301. The summed E-state index contributed by atoms with van der Waals surface area (Å²) < 4.78 is 89.9. The SMILES string of the molecule is CCOC(=O)/C=C(\N)c1cc(C(F)(F)F)ccc1-c1ccc(C(F)(F)F)cc1/C(N)=C/C(=O)OCC. The van der Waals surface area contributed by atoms with Crippen molar-refractivity contribution >= 4 is 23.3 Å². The van der Waals surface area contributed by atoms with Crippen LogP contribution in [0.15, 0.2) is 48.6 Å². The molecule has 0 unspecified atom stereocenters. The number of benzene rings is 2. The molecule has 194 valence electrons. The van der Waals surface area contributed by atoms with E-state index in [-0.39, 0.29) is 35.5 Å². The van der Waals surface area contributed by atoms with Gasteiger partial charge >= 0.3 is 24.3 Å². The maximum Gasteiger partial charge on any atom is 0.416 e. The van der Waals surface area contributed by atoms with Crippen molar-refractivity contribution in [3.63, 3.8) is 0 Å². The zero-order valence-corrected chi connectivity index (χ0v) is 19.1. The number of hydrogen-bond acceptors (Lipinski definition) is 6. The molecule has 0 aliphatic carbocycles. The third-order valence-corrected chi connectivity index (χ3v) is 4.73. The van der Waals surface area contributed by atoms with Crippen LogP contribution in [0.4, 0.5) is 26.3 Å². The number of carbonyl (C=O) groups is 2. The van der Waals surface area contributed by atoms with E-state index in [1.165, 1.54) is 13.8 Å². The van der Waals surface area contributed by atoms with Crippen LogP contribution >= 0.6 is 0 Å². The Kier molecular flexibility index (Phi) is 8.79. The van der Waals surface area contributed by atoms with Crippen LogP contribution in [0.1, 0.15) is 36.1 Å². The monoisotopic (exact) mass is 516 g/mol. The Labute approximate surface area is 202 Å². The molecule has 0 atom stereocenters. The molecule has 0 aliphatic heterocycles. The highest BCUT2D eigenvalue weighted by Gasteiger charge is 2.33. The molecule has 0 radical (unpaired) electrons. The van der Waals surface area contributed by atoms with Gasteiger partial charge in [0.05, 0.1) is 24.3 Å². The van der Waals surface area contributed by atoms with Gasteiger partial charge in [0.2, 0.25) is 0 Å². The number of halogens is 6. The smallest absolute Gasteiger partial charge is 0.416 e. The van der Waals surface area contributed by atoms with Crippen molar-refractivity contribution in [2.75, 3.05) is 13.2 Å². The molecule has 0 bridgehead atoms. The predicted octanol–water partition coefficient (Wildman–Crippen LogP) is 5.12. The molecule has 0 amide bonds. The summed E-state index contributed by atoms with van der Waals surface area (Å²) in [5.74, 6) is -1.87. The van der Waals surface area contributed by atoms with E-state index in [1.54, 1.807) is 0 Å². The zero-order valence-electron chi connectivity index (χ0n) is 19.1. The van der Waals surface area contributed by atoms with Gasteiger partial charge in [-0.2, -0.15) is 26.3 Å². The van der Waals surface area contributed by atoms with Crippen LogP contribution in [-0.4, -0.2) is 25.2 Å². The summed E-state index contributed by atoms with van der Waals surface area (Å²) >= 11 is 0. The van der Waals surface area contributed by atoms with Crippen molar-refractivity contribution in [2.24, 2.45) is 11.5 Å². The van der Waals surface area contributed by atoms with Crippen molar-refractivity contribution in [1.82, 2.24) is 0 Å². The fourth-order valence-corrected chi connectivity index (χ4v) is 3.17. The van der Waals surface area contributed by atoms with Gasteiger partial charge in [0.1, 0.15) is 0 Å². The van der Waals surface area contributed by atoms with E-state index >= 15 is 0 Å². The second kappa shape index (κ2) is 11.2. The predicted molar refractivity (Wildman–Crippen MR) is 119 cm³/mol. The molecular weight excluding hydrogens is 494 g/mol. The lowest BCUT2D eigenvalue weighted by molar-refractivity contribution is -0.138. The number of ether oxygens (including phenoxy) is 2. The molecular formula is C24H22F6N2O4. The normalized spacial score (nSPS) is 12.9. The maximum absolute atomic E-state index is 13.4. The fourth-order valence-electron chi connectivity index (χ4n) is 3.17. The van der Waals surface area contributed by atoms with Crippen LogP contribution < -0.4 is 11.5 Å². The molecule has 0 saturated carbocycles. The molecule has 36 heavy (non-hydrogen) atoms. The average molecular weight is 516 g/mol. The molecule has 2 rings (SSSR count). The first kappa shape index (κ1) is 28.3. The molecule has 4 N–H and O–H groups in total. The fraction of sp³-hybridized carbons (Fsp3) is 0.250. The van der Waals surface area contributed by atoms with Crippen molar-refractivity contribution in [1.29, 1.82) is 0 Å². The first-order valence-electron chi connectivity index (χ1n) is 10.4. The van der Waals surface area contributed by atoms with Gasteiger partial charge in [-0.3, -0.25) is 0 Å². The molecule has 6 nitrogen and oxygen atoms in total. The molecule has 0 saturated heterocycles. The lowest BCUT2D eigenvalue weighted by Gasteiger charge is -2.18. The summed E-state index contributed by atoms with van der Waals surface area (Å²) in [5, 5.41) is 0. The van der Waals surface area contributed by atoms with Crippen LogP contribution in [0.3, 0.4) is 0 Å². The summed E-state index contributed by atoms with van der Waals surface area (Å²) in [6, 6.07) is 4.65. The summed E-state index contributed by atoms with van der Waals surface area (Å²) in [4.78, 5) is 23.7. The zero-order chi connectivity index (χ0) is 27.3. The second-order valence-electron chi connectivity index (χ2n) is 7.22. The minimum atomic E-state index is -4.79. The van der Waals surface area contributed by atoms with Gasteiger partial charge in [0, 0.05) is 34.7 Å². The van der Waals surface area contributed by atoms with Crippen LogP contribution in [0.5, 0.6) is 0 Å². The van der Waals surface area contributed by atoms with Gasteiger partial charge in [-0.05, 0) is 49.2 Å². The average Bonchev–Trinajstić information content (AvgIpc) is 2.77. The molecule has 2 aromatic carbocycles. The molecule has 0 heterocycles. The van der Waals surface area contributed by atoms with Crippen molar-refractivity contribution < 1.29 is 45.4 Å². The summed E-state index contributed by atoms with van der Waals surface area (Å²) in [7, 11) is 0. The van der Waals surface area contributed by atoms with Gasteiger partial charge < -0.3 is 20.9 Å². The number of hydrogen-bond donors (Lipinski definition) is 2. The highest BCUT2D eigenvalue weighted by molar-refractivity contribution is 5.97. The number of rotatable bonds is 7. The van der Waals surface area contributed by atoms with E-state index in [0.717, 1.165) is 24.3 Å². The van der Waals surface area contributed by atoms with E-state index in [0.29, 0.717) is 24.3 Å². The Morgan fingerprint density at radius 2 is 1.06 bits per heavy atom. The standard InChI is InChI=1S/C24H22F6N2O4/c1-3-35-21(33)11-19(31)17-9-13(23(25,26)27)5-7-15(17)16-8-6-14(24(28,29)30)10-18(16)20(32)12-22(34)36-4-2/h5-12H,3-4,31-32H2,1-2H3/b19-11-,20-12-. The molecule has 0 aliphatic rings. The minimum Gasteiger partial charge on any atom is -0.463 e. The number of nitrogens with two attached hydrogens (primary N) is 2. The summed E-state index contributed by atoms with van der Waals surface area (Å²) in [5.41, 5.74) is 7.92. The van der Waals surface area contributed by atoms with Crippen molar-refractivity contribution in [2.45, 2.75) is 26.2 Å². The molecule has 0 spiro atoms. The second-order valence-corrected chi connectivity index (χ2v) is 7.22. The van der Waals surface area contributed by atoms with Gasteiger partial charge in [0.25, 0.3) is 0 Å². The van der Waals surface area contributed by atoms with Gasteiger partial charge in [0.15, 0.2) is 0 Å². The first-order valence-corrected chi connectivity index (χ1v) is 10.4.